The minimum atomic E-state index is -0.0368. The molecule has 0 unspecified atom stereocenters. The SMILES string of the molecule is I.NC(=NCC(=O)NCC1CC1)NCC1CCC1. The number of nitrogens with one attached hydrogen (secondary N) is 2. The third-order valence-corrected chi connectivity index (χ3v) is 3.47. The Balaban J connectivity index is 0.00000162. The highest BCUT2D eigenvalue weighted by Crippen LogP contribution is 2.27. The molecular formula is C12H23IN4O. The molecule has 0 aromatic heterocycles. The van der Waals surface area contributed by atoms with E-state index < -0.39 is 0 Å². The van der Waals surface area contributed by atoms with Crippen LogP contribution in [0.4, 0.5) is 0 Å². The van der Waals surface area contributed by atoms with Gasteiger partial charge in [0.15, 0.2) is 5.96 Å². The van der Waals surface area contributed by atoms with Gasteiger partial charge in [0.1, 0.15) is 6.54 Å². The quantitative estimate of drug-likeness (QED) is 0.370. The van der Waals surface area contributed by atoms with Crippen LogP contribution < -0.4 is 16.4 Å². The molecule has 2 saturated carbocycles. The summed E-state index contributed by atoms with van der Waals surface area (Å²) in [5.74, 6) is 1.80. The van der Waals surface area contributed by atoms with E-state index in [9.17, 15) is 4.79 Å². The number of carbonyl (C=O) groups is 1. The molecule has 0 atom stereocenters. The van der Waals surface area contributed by atoms with Gasteiger partial charge in [-0.25, -0.2) is 4.99 Å². The molecule has 0 bridgehead atoms. The fraction of sp³-hybridized carbons (Fsp3) is 0.833. The molecule has 1 amide bonds. The Kier molecular flexibility index (Phi) is 6.73. The van der Waals surface area contributed by atoms with Crippen molar-refractivity contribution in [1.82, 2.24) is 10.6 Å². The van der Waals surface area contributed by atoms with Crippen LogP contribution in [0.3, 0.4) is 0 Å². The lowest BCUT2D eigenvalue weighted by Crippen LogP contribution is -2.38. The maximum absolute atomic E-state index is 11.4. The molecule has 0 saturated heterocycles. The lowest BCUT2D eigenvalue weighted by molar-refractivity contribution is -0.119. The molecule has 0 aromatic rings. The normalized spacial score (nSPS) is 19.7. The molecule has 0 heterocycles. The molecule has 4 N–H and O–H groups in total. The van der Waals surface area contributed by atoms with Gasteiger partial charge in [-0.05, 0) is 37.5 Å². The number of rotatable bonds is 6. The molecule has 2 aliphatic rings. The third kappa shape index (κ3) is 5.88. The summed E-state index contributed by atoms with van der Waals surface area (Å²) in [6, 6.07) is 0. The van der Waals surface area contributed by atoms with Crippen LogP contribution in [-0.2, 0) is 4.79 Å². The topological polar surface area (TPSA) is 79.5 Å². The molecule has 2 rings (SSSR count). The van der Waals surface area contributed by atoms with Crippen molar-refractivity contribution in [2.75, 3.05) is 19.6 Å². The van der Waals surface area contributed by atoms with Gasteiger partial charge in [-0.15, -0.1) is 24.0 Å². The van der Waals surface area contributed by atoms with Gasteiger partial charge in [0, 0.05) is 13.1 Å². The molecule has 104 valence electrons. The summed E-state index contributed by atoms with van der Waals surface area (Å²) in [6.07, 6.45) is 6.38. The number of aliphatic imine (C=N–C) groups is 1. The summed E-state index contributed by atoms with van der Waals surface area (Å²) in [7, 11) is 0. The maximum Gasteiger partial charge on any atom is 0.241 e. The predicted octanol–water partition coefficient (Wildman–Crippen LogP) is 0.835. The molecular weight excluding hydrogens is 343 g/mol. The number of hydrogen-bond donors (Lipinski definition) is 3. The van der Waals surface area contributed by atoms with Crippen LogP contribution in [-0.4, -0.2) is 31.5 Å². The first-order chi connectivity index (χ1) is 8.24. The van der Waals surface area contributed by atoms with Crippen molar-refractivity contribution < 1.29 is 4.79 Å². The Morgan fingerprint density at radius 2 is 1.72 bits per heavy atom. The van der Waals surface area contributed by atoms with Gasteiger partial charge in [-0.2, -0.15) is 0 Å². The van der Waals surface area contributed by atoms with Gasteiger partial charge in [0.25, 0.3) is 0 Å². The number of nitrogens with two attached hydrogens (primary N) is 1. The highest BCUT2D eigenvalue weighted by Gasteiger charge is 2.21. The molecule has 6 heteroatoms. The van der Waals surface area contributed by atoms with Crippen LogP contribution in [0.1, 0.15) is 32.1 Å². The summed E-state index contributed by atoms with van der Waals surface area (Å²) in [5, 5.41) is 5.92. The van der Waals surface area contributed by atoms with Crippen molar-refractivity contribution in [2.45, 2.75) is 32.1 Å². The van der Waals surface area contributed by atoms with Crippen molar-refractivity contribution in [3.05, 3.63) is 0 Å². The standard InChI is InChI=1S/C12H22N4O.HI/c13-12(15-7-9-2-1-3-9)16-8-11(17)14-6-10-4-5-10;/h9-10H,1-8H2,(H,14,17)(H3,13,15,16);1H. The number of guanidine groups is 1. The largest absolute Gasteiger partial charge is 0.370 e. The summed E-state index contributed by atoms with van der Waals surface area (Å²) in [6.45, 7) is 1.82. The van der Waals surface area contributed by atoms with E-state index in [0.29, 0.717) is 11.9 Å². The average molecular weight is 366 g/mol. The van der Waals surface area contributed by atoms with Gasteiger partial charge >= 0.3 is 0 Å². The van der Waals surface area contributed by atoms with E-state index in [1.165, 1.54) is 32.1 Å². The van der Waals surface area contributed by atoms with E-state index in [2.05, 4.69) is 15.6 Å². The Hall–Kier alpha value is -0.530. The van der Waals surface area contributed by atoms with Crippen LogP contribution in [0.5, 0.6) is 0 Å². The molecule has 2 aliphatic carbocycles. The zero-order valence-corrected chi connectivity index (χ0v) is 13.0. The van der Waals surface area contributed by atoms with Crippen LogP contribution in [0.25, 0.3) is 0 Å². The molecule has 0 aliphatic heterocycles. The average Bonchev–Trinajstić information content (AvgIpc) is 3.05. The summed E-state index contributed by atoms with van der Waals surface area (Å²) in [5.41, 5.74) is 5.68. The second kappa shape index (κ2) is 7.81. The van der Waals surface area contributed by atoms with Crippen LogP contribution in [0.2, 0.25) is 0 Å². The molecule has 0 aromatic carbocycles. The summed E-state index contributed by atoms with van der Waals surface area (Å²) < 4.78 is 0. The van der Waals surface area contributed by atoms with E-state index in [1.807, 2.05) is 0 Å². The Morgan fingerprint density at radius 1 is 1.11 bits per heavy atom. The van der Waals surface area contributed by atoms with Crippen LogP contribution in [0.15, 0.2) is 4.99 Å². The highest BCUT2D eigenvalue weighted by atomic mass is 127. The second-order valence-electron chi connectivity index (χ2n) is 5.13. The van der Waals surface area contributed by atoms with Gasteiger partial charge in [-0.1, -0.05) is 6.42 Å². The third-order valence-electron chi connectivity index (χ3n) is 3.47. The highest BCUT2D eigenvalue weighted by molar-refractivity contribution is 14.0. The van der Waals surface area contributed by atoms with Crippen LogP contribution in [0, 0.1) is 11.8 Å². The summed E-state index contributed by atoms with van der Waals surface area (Å²) >= 11 is 0. The van der Waals surface area contributed by atoms with E-state index in [1.54, 1.807) is 0 Å². The number of amides is 1. The van der Waals surface area contributed by atoms with Gasteiger partial charge in [0.05, 0.1) is 0 Å². The first-order valence-electron chi connectivity index (χ1n) is 6.54. The zero-order valence-electron chi connectivity index (χ0n) is 10.7. The molecule has 2 fully saturated rings. The minimum Gasteiger partial charge on any atom is -0.370 e. The first-order valence-corrected chi connectivity index (χ1v) is 6.54. The van der Waals surface area contributed by atoms with Crippen molar-refractivity contribution in [3.63, 3.8) is 0 Å². The fourth-order valence-corrected chi connectivity index (χ4v) is 1.79. The zero-order chi connectivity index (χ0) is 12.1. The number of carbonyl (C=O) groups excluding carboxylic acids is 1. The smallest absolute Gasteiger partial charge is 0.241 e. The van der Waals surface area contributed by atoms with E-state index in [-0.39, 0.29) is 36.4 Å². The van der Waals surface area contributed by atoms with Crippen molar-refractivity contribution in [1.29, 1.82) is 0 Å². The molecule has 0 radical (unpaired) electrons. The van der Waals surface area contributed by atoms with E-state index in [0.717, 1.165) is 19.0 Å². The van der Waals surface area contributed by atoms with Crippen molar-refractivity contribution in [2.24, 2.45) is 22.6 Å². The number of halogens is 1. The Labute approximate surface area is 125 Å². The summed E-state index contributed by atoms with van der Waals surface area (Å²) in [4.78, 5) is 15.4. The lowest BCUT2D eigenvalue weighted by Gasteiger charge is -2.25. The van der Waals surface area contributed by atoms with Crippen LogP contribution >= 0.6 is 24.0 Å². The van der Waals surface area contributed by atoms with Crippen molar-refractivity contribution >= 4 is 35.8 Å². The van der Waals surface area contributed by atoms with E-state index >= 15 is 0 Å². The molecule has 5 nitrogen and oxygen atoms in total. The second-order valence-corrected chi connectivity index (χ2v) is 5.13. The predicted molar refractivity (Wildman–Crippen MR) is 83.0 cm³/mol. The van der Waals surface area contributed by atoms with Gasteiger partial charge in [0.2, 0.25) is 5.91 Å². The Bertz CT molecular complexity index is 300. The first kappa shape index (κ1) is 15.5. The van der Waals surface area contributed by atoms with Gasteiger partial charge in [-0.3, -0.25) is 4.79 Å². The number of nitrogens with zero attached hydrogens (tertiary/aromatic N) is 1. The molecule has 0 spiro atoms. The maximum atomic E-state index is 11.4. The Morgan fingerprint density at radius 3 is 2.28 bits per heavy atom. The molecule has 18 heavy (non-hydrogen) atoms. The minimum absolute atomic E-state index is 0. The van der Waals surface area contributed by atoms with E-state index in [4.69, 9.17) is 5.73 Å². The van der Waals surface area contributed by atoms with Crippen molar-refractivity contribution in [3.8, 4) is 0 Å². The number of hydrogen-bond acceptors (Lipinski definition) is 2. The lowest BCUT2D eigenvalue weighted by atomic mass is 9.85. The van der Waals surface area contributed by atoms with Gasteiger partial charge < -0.3 is 16.4 Å². The fourth-order valence-electron chi connectivity index (χ4n) is 1.79. The monoisotopic (exact) mass is 366 g/mol.